The highest BCUT2D eigenvalue weighted by Crippen LogP contribution is 2.16. The average molecular weight is 305 g/mol. The summed E-state index contributed by atoms with van der Waals surface area (Å²) in [4.78, 5) is 12.1. The Kier molecular flexibility index (Phi) is 5.59. The molecule has 3 nitrogen and oxygen atoms in total. The first-order valence-electron chi connectivity index (χ1n) is 7.29. The molecular formula is C17H21ClN2O. The molecule has 0 bridgehead atoms. The Morgan fingerprint density at radius 3 is 2.57 bits per heavy atom. The van der Waals surface area contributed by atoms with Gasteiger partial charge in [0.2, 0.25) is 5.91 Å². The van der Waals surface area contributed by atoms with Crippen LogP contribution >= 0.6 is 12.4 Å². The molecule has 112 valence electrons. The van der Waals surface area contributed by atoms with Crippen LogP contribution in [0.1, 0.15) is 18.4 Å². The topological polar surface area (TPSA) is 41.1 Å². The van der Waals surface area contributed by atoms with Crippen LogP contribution in [0.4, 0.5) is 0 Å². The Bertz CT molecular complexity index is 609. The lowest BCUT2D eigenvalue weighted by molar-refractivity contribution is -0.121. The fourth-order valence-corrected chi connectivity index (χ4v) is 2.78. The number of amides is 1. The number of benzene rings is 2. The molecule has 3 rings (SSSR count). The lowest BCUT2D eigenvalue weighted by atomic mass is 10.0. The minimum Gasteiger partial charge on any atom is -0.353 e. The summed E-state index contributed by atoms with van der Waals surface area (Å²) in [5.74, 6) is 0.132. The number of carbonyl (C=O) groups excluding carboxylic acids is 1. The van der Waals surface area contributed by atoms with Gasteiger partial charge in [0.15, 0.2) is 0 Å². The number of hydrogen-bond donors (Lipinski definition) is 2. The minimum absolute atomic E-state index is 0. The van der Waals surface area contributed by atoms with E-state index in [-0.39, 0.29) is 18.3 Å². The largest absolute Gasteiger partial charge is 0.353 e. The van der Waals surface area contributed by atoms with Crippen molar-refractivity contribution in [3.63, 3.8) is 0 Å². The van der Waals surface area contributed by atoms with Gasteiger partial charge in [-0.25, -0.2) is 0 Å². The van der Waals surface area contributed by atoms with E-state index in [0.717, 1.165) is 31.5 Å². The molecule has 4 heteroatoms. The summed E-state index contributed by atoms with van der Waals surface area (Å²) in [5, 5.41) is 8.85. The zero-order valence-corrected chi connectivity index (χ0v) is 12.8. The molecular weight excluding hydrogens is 284 g/mol. The van der Waals surface area contributed by atoms with E-state index in [1.165, 1.54) is 10.8 Å². The Morgan fingerprint density at radius 1 is 1.10 bits per heavy atom. The molecule has 1 amide bonds. The van der Waals surface area contributed by atoms with Gasteiger partial charge in [0.1, 0.15) is 0 Å². The van der Waals surface area contributed by atoms with Gasteiger partial charge in [-0.15, -0.1) is 12.4 Å². The third-order valence-electron chi connectivity index (χ3n) is 3.88. The van der Waals surface area contributed by atoms with Gasteiger partial charge in [0, 0.05) is 6.04 Å². The van der Waals surface area contributed by atoms with Crippen LogP contribution in [0.5, 0.6) is 0 Å². The predicted molar refractivity (Wildman–Crippen MR) is 88.9 cm³/mol. The van der Waals surface area contributed by atoms with Crippen molar-refractivity contribution < 1.29 is 4.79 Å². The number of nitrogens with one attached hydrogen (secondary N) is 2. The quantitative estimate of drug-likeness (QED) is 0.915. The summed E-state index contributed by atoms with van der Waals surface area (Å²) in [6, 6.07) is 14.8. The van der Waals surface area contributed by atoms with Crippen LogP contribution in [-0.2, 0) is 11.2 Å². The molecule has 21 heavy (non-hydrogen) atoms. The summed E-state index contributed by atoms with van der Waals surface area (Å²) in [5.41, 5.74) is 1.08. The third-order valence-corrected chi connectivity index (χ3v) is 3.88. The zero-order chi connectivity index (χ0) is 13.8. The summed E-state index contributed by atoms with van der Waals surface area (Å²) in [6.07, 6.45) is 2.53. The van der Waals surface area contributed by atoms with E-state index in [4.69, 9.17) is 0 Å². The maximum atomic E-state index is 12.1. The second kappa shape index (κ2) is 7.43. The standard InChI is InChI=1S/C17H20N2O.ClH/c20-17(19-16-7-9-18-10-8-16)12-13-5-6-14-3-1-2-4-15(14)11-13;/h1-6,11,16,18H,7-10,12H2,(H,19,20);1H. The molecule has 0 spiro atoms. The SMILES string of the molecule is Cl.O=C(Cc1ccc2ccccc2c1)NC1CCNCC1. The number of rotatable bonds is 3. The lowest BCUT2D eigenvalue weighted by Gasteiger charge is -2.23. The van der Waals surface area contributed by atoms with Crippen molar-refractivity contribution in [3.8, 4) is 0 Å². The fourth-order valence-electron chi connectivity index (χ4n) is 2.78. The van der Waals surface area contributed by atoms with Crippen LogP contribution < -0.4 is 10.6 Å². The number of piperidine rings is 1. The van der Waals surface area contributed by atoms with Crippen molar-refractivity contribution in [1.29, 1.82) is 0 Å². The van der Waals surface area contributed by atoms with Gasteiger partial charge in [-0.1, -0.05) is 42.5 Å². The van der Waals surface area contributed by atoms with E-state index in [1.54, 1.807) is 0 Å². The van der Waals surface area contributed by atoms with Gasteiger partial charge in [0.25, 0.3) is 0 Å². The van der Waals surface area contributed by atoms with Gasteiger partial charge in [-0.05, 0) is 42.3 Å². The summed E-state index contributed by atoms with van der Waals surface area (Å²) in [7, 11) is 0. The smallest absolute Gasteiger partial charge is 0.224 e. The van der Waals surface area contributed by atoms with Crippen LogP contribution in [0.2, 0.25) is 0 Å². The number of fused-ring (bicyclic) bond motifs is 1. The zero-order valence-electron chi connectivity index (χ0n) is 12.0. The first-order valence-corrected chi connectivity index (χ1v) is 7.29. The van der Waals surface area contributed by atoms with Gasteiger partial charge in [-0.3, -0.25) is 4.79 Å². The van der Waals surface area contributed by atoms with Gasteiger partial charge in [-0.2, -0.15) is 0 Å². The van der Waals surface area contributed by atoms with Crippen LogP contribution in [0, 0.1) is 0 Å². The van der Waals surface area contributed by atoms with E-state index in [2.05, 4.69) is 34.9 Å². The molecule has 0 unspecified atom stereocenters. The van der Waals surface area contributed by atoms with Gasteiger partial charge < -0.3 is 10.6 Å². The van der Waals surface area contributed by atoms with E-state index in [1.807, 2.05) is 18.2 Å². The van der Waals surface area contributed by atoms with Crippen molar-refractivity contribution in [2.45, 2.75) is 25.3 Å². The fraction of sp³-hybridized carbons (Fsp3) is 0.353. The van der Waals surface area contributed by atoms with E-state index >= 15 is 0 Å². The second-order valence-corrected chi connectivity index (χ2v) is 5.45. The third kappa shape index (κ3) is 4.19. The van der Waals surface area contributed by atoms with Crippen LogP contribution in [-0.4, -0.2) is 25.0 Å². The molecule has 0 radical (unpaired) electrons. The molecule has 2 aromatic carbocycles. The Labute approximate surface area is 131 Å². The number of carbonyl (C=O) groups is 1. The molecule has 1 saturated heterocycles. The van der Waals surface area contributed by atoms with Gasteiger partial charge in [0.05, 0.1) is 6.42 Å². The van der Waals surface area contributed by atoms with Crippen LogP contribution in [0.25, 0.3) is 10.8 Å². The average Bonchev–Trinajstić information content (AvgIpc) is 2.48. The molecule has 1 fully saturated rings. The molecule has 0 aromatic heterocycles. The van der Waals surface area contributed by atoms with Crippen LogP contribution in [0.3, 0.4) is 0 Å². The van der Waals surface area contributed by atoms with Crippen molar-refractivity contribution in [3.05, 3.63) is 48.0 Å². The molecule has 1 heterocycles. The summed E-state index contributed by atoms with van der Waals surface area (Å²) < 4.78 is 0. The molecule has 1 aliphatic heterocycles. The minimum atomic E-state index is 0. The van der Waals surface area contributed by atoms with E-state index in [9.17, 15) is 4.79 Å². The summed E-state index contributed by atoms with van der Waals surface area (Å²) in [6.45, 7) is 2.00. The Hall–Kier alpha value is -1.58. The normalized spacial score (nSPS) is 15.4. The highest BCUT2D eigenvalue weighted by atomic mass is 35.5. The molecule has 2 aromatic rings. The maximum absolute atomic E-state index is 12.1. The monoisotopic (exact) mass is 304 g/mol. The van der Waals surface area contributed by atoms with E-state index < -0.39 is 0 Å². The number of hydrogen-bond acceptors (Lipinski definition) is 2. The highest BCUT2D eigenvalue weighted by molar-refractivity contribution is 5.86. The molecule has 2 N–H and O–H groups in total. The van der Waals surface area contributed by atoms with Gasteiger partial charge >= 0.3 is 0 Å². The molecule has 0 saturated carbocycles. The maximum Gasteiger partial charge on any atom is 0.224 e. The Balaban J connectivity index is 0.00000161. The van der Waals surface area contributed by atoms with Crippen molar-refractivity contribution in [2.75, 3.05) is 13.1 Å². The summed E-state index contributed by atoms with van der Waals surface area (Å²) >= 11 is 0. The van der Waals surface area contributed by atoms with Crippen molar-refractivity contribution in [2.24, 2.45) is 0 Å². The van der Waals surface area contributed by atoms with Crippen LogP contribution in [0.15, 0.2) is 42.5 Å². The molecule has 0 aliphatic carbocycles. The first-order chi connectivity index (χ1) is 9.81. The predicted octanol–water partition coefficient (Wildman–Crippen LogP) is 2.67. The Morgan fingerprint density at radius 2 is 1.81 bits per heavy atom. The van der Waals surface area contributed by atoms with E-state index in [0.29, 0.717) is 12.5 Å². The molecule has 1 aliphatic rings. The van der Waals surface area contributed by atoms with Crippen molar-refractivity contribution in [1.82, 2.24) is 10.6 Å². The lowest BCUT2D eigenvalue weighted by Crippen LogP contribution is -2.43. The highest BCUT2D eigenvalue weighted by Gasteiger charge is 2.15. The second-order valence-electron chi connectivity index (χ2n) is 5.45. The number of halogens is 1. The first kappa shape index (κ1) is 15.8. The van der Waals surface area contributed by atoms with Crippen molar-refractivity contribution >= 4 is 29.1 Å². The molecule has 0 atom stereocenters.